The van der Waals surface area contributed by atoms with Crippen LogP contribution in [0.2, 0.25) is 0 Å². The quantitative estimate of drug-likeness (QED) is 0.162. The number of Topliss-reactive ketones (excluding diaryl/α,β-unsaturated/α-hetero) is 2. The summed E-state index contributed by atoms with van der Waals surface area (Å²) in [6.45, 7) is 11.1. The third-order valence-electron chi connectivity index (χ3n) is 11.0. The molecule has 64 heavy (non-hydrogen) atoms. The maximum Gasteiger partial charge on any atom is 0.335 e. The molecule has 4 aromatic rings. The molecule has 15 heteroatoms. The Morgan fingerprint density at radius 2 is 1.09 bits per heavy atom. The van der Waals surface area contributed by atoms with Crippen LogP contribution in [-0.4, -0.2) is 101 Å². The van der Waals surface area contributed by atoms with Crippen molar-refractivity contribution in [3.05, 3.63) is 107 Å². The number of hydrogen-bond donors (Lipinski definition) is 2. The highest BCUT2D eigenvalue weighted by molar-refractivity contribution is 8.01. The molecule has 4 aliphatic heterocycles. The molecule has 0 aliphatic carbocycles. The maximum atomic E-state index is 13.1. The van der Waals surface area contributed by atoms with Gasteiger partial charge in [-0.1, -0.05) is 36.4 Å². The Morgan fingerprint density at radius 1 is 0.672 bits per heavy atom. The minimum absolute atomic E-state index is 0.00761. The number of rotatable bonds is 8. The number of carbonyl (C=O) groups is 4. The predicted octanol–water partition coefficient (Wildman–Crippen LogP) is 10.9. The van der Waals surface area contributed by atoms with Crippen molar-refractivity contribution in [2.75, 3.05) is 45.7 Å². The second-order valence-corrected chi connectivity index (χ2v) is 20.1. The highest BCUT2D eigenvalue weighted by Gasteiger charge is 2.43. The summed E-state index contributed by atoms with van der Waals surface area (Å²) in [4.78, 5) is 52.7. The topological polar surface area (TPSA) is 141 Å². The van der Waals surface area contributed by atoms with Crippen molar-refractivity contribution in [2.45, 2.75) is 97.7 Å². The van der Waals surface area contributed by atoms with Gasteiger partial charge in [-0.2, -0.15) is 0 Å². The molecular weight excluding hydrogens is 896 g/mol. The number of fused-ring (bicyclic) bond motifs is 2. The van der Waals surface area contributed by atoms with Gasteiger partial charge >= 0.3 is 5.97 Å². The summed E-state index contributed by atoms with van der Waals surface area (Å²) in [6.07, 6.45) is 5.16. The fourth-order valence-electron chi connectivity index (χ4n) is 7.93. The van der Waals surface area contributed by atoms with Gasteiger partial charge in [-0.25, -0.2) is 4.79 Å². The minimum Gasteiger partial charge on any atom is -0.493 e. The van der Waals surface area contributed by atoms with E-state index in [1.165, 1.54) is 24.1 Å². The number of aromatic carboxylic acids is 1. The number of nitrogens with zero attached hydrogens (tertiary/aromatic N) is 1. The number of alkyl halides is 2. The summed E-state index contributed by atoms with van der Waals surface area (Å²) in [5.74, 6) is 1.74. The SMILES string of the molecule is COc1cc(C(=O)N2CCC3(CC2)CC(=O)c2ccccc2S3)ccc1OC(C)C.COc1cc(C(=O)O)ccc1OC(C)C.ClCCl.O=C1CC2(CCNCC2)Sc2ccccc21. The van der Waals surface area contributed by atoms with Crippen molar-refractivity contribution >= 4 is 70.2 Å². The van der Waals surface area contributed by atoms with Gasteiger partial charge < -0.3 is 34.3 Å². The van der Waals surface area contributed by atoms with Gasteiger partial charge in [-0.15, -0.1) is 46.7 Å². The third kappa shape index (κ3) is 13.3. The summed E-state index contributed by atoms with van der Waals surface area (Å²) < 4.78 is 21.7. The van der Waals surface area contributed by atoms with Crippen molar-refractivity contribution in [3.8, 4) is 23.0 Å². The number of likely N-dealkylation sites (tertiary alicyclic amines) is 1. The standard InChI is InChI=1S/C24H27NO4S.C13H15NOS.C11H14O4.CH2Cl2/c1-16(2)29-20-9-8-17(14-21(20)28-3)23(27)25-12-10-24(11-13-25)15-19(26)18-6-4-5-7-22(18)30-24;15-11-9-13(5-7-14-8-6-13)16-12-4-2-1-3-10(11)12;1-7(2)15-9-5-4-8(11(12)13)6-10(9)14-3;2-1-3/h4-9,14,16H,10-13,15H2,1-3H3;1-4,14H,5-9H2;4-7H,1-3H3,(H,12,13);1H2. The predicted molar refractivity (Wildman–Crippen MR) is 256 cm³/mol. The molecule has 0 bridgehead atoms. The lowest BCUT2D eigenvalue weighted by atomic mass is 9.88. The molecule has 4 aliphatic rings. The summed E-state index contributed by atoms with van der Waals surface area (Å²) >= 11 is 13.3. The van der Waals surface area contributed by atoms with E-state index in [1.54, 1.807) is 31.4 Å². The first-order valence-corrected chi connectivity index (χ1v) is 24.0. The van der Waals surface area contributed by atoms with Crippen molar-refractivity contribution in [2.24, 2.45) is 0 Å². The highest BCUT2D eigenvalue weighted by atomic mass is 35.5. The van der Waals surface area contributed by atoms with Crippen LogP contribution in [0.5, 0.6) is 23.0 Å². The molecule has 2 spiro atoms. The number of halogens is 2. The monoisotopic (exact) mass is 952 g/mol. The van der Waals surface area contributed by atoms with Crippen molar-refractivity contribution in [1.29, 1.82) is 0 Å². The van der Waals surface area contributed by atoms with Crippen LogP contribution < -0.4 is 24.3 Å². The zero-order valence-electron chi connectivity index (χ0n) is 37.2. The average Bonchev–Trinajstić information content (AvgIpc) is 3.27. The lowest BCUT2D eigenvalue weighted by molar-refractivity contribution is 0.0685. The molecule has 2 saturated heterocycles. The zero-order chi connectivity index (χ0) is 46.4. The Labute approximate surface area is 395 Å². The molecule has 4 heterocycles. The van der Waals surface area contributed by atoms with Gasteiger partial charge in [0.05, 0.1) is 37.3 Å². The maximum absolute atomic E-state index is 13.1. The van der Waals surface area contributed by atoms with E-state index < -0.39 is 5.97 Å². The number of amides is 1. The second-order valence-electron chi connectivity index (χ2n) is 16.3. The van der Waals surface area contributed by atoms with Crippen LogP contribution in [0.3, 0.4) is 0 Å². The van der Waals surface area contributed by atoms with E-state index in [2.05, 4.69) is 11.4 Å². The van der Waals surface area contributed by atoms with Crippen LogP contribution in [0.15, 0.2) is 94.7 Å². The van der Waals surface area contributed by atoms with E-state index in [1.807, 2.05) is 98.6 Å². The Bertz CT molecular complexity index is 2240. The Kier molecular flexibility index (Phi) is 18.7. The van der Waals surface area contributed by atoms with E-state index >= 15 is 0 Å². The molecule has 4 aromatic carbocycles. The number of carboxylic acid groups (broad SMARTS) is 1. The molecule has 0 saturated carbocycles. The zero-order valence-corrected chi connectivity index (χ0v) is 40.4. The van der Waals surface area contributed by atoms with Gasteiger partial charge in [0.15, 0.2) is 34.6 Å². The van der Waals surface area contributed by atoms with Gasteiger partial charge in [0.2, 0.25) is 0 Å². The second kappa shape index (κ2) is 23.7. The number of thioether (sulfide) groups is 2. The van der Waals surface area contributed by atoms with Crippen LogP contribution in [0.25, 0.3) is 0 Å². The fourth-order valence-corrected chi connectivity index (χ4v) is 10.9. The summed E-state index contributed by atoms with van der Waals surface area (Å²) in [6, 6.07) is 25.7. The van der Waals surface area contributed by atoms with E-state index in [0.29, 0.717) is 53.9 Å². The first-order valence-electron chi connectivity index (χ1n) is 21.3. The van der Waals surface area contributed by atoms with E-state index in [4.69, 9.17) is 47.3 Å². The molecular formula is C49H58Cl2N2O9S2. The highest BCUT2D eigenvalue weighted by Crippen LogP contribution is 2.50. The molecule has 0 aromatic heterocycles. The normalized spacial score (nSPS) is 16.8. The summed E-state index contributed by atoms with van der Waals surface area (Å²) in [5.41, 5.74) is 2.54. The van der Waals surface area contributed by atoms with Crippen LogP contribution in [-0.2, 0) is 0 Å². The molecule has 8 rings (SSSR count). The van der Waals surface area contributed by atoms with Gasteiger partial charge in [0, 0.05) is 61.9 Å². The van der Waals surface area contributed by atoms with Crippen molar-refractivity contribution < 1.29 is 43.2 Å². The van der Waals surface area contributed by atoms with Crippen LogP contribution >= 0.6 is 46.7 Å². The number of nitrogens with one attached hydrogen (secondary N) is 1. The third-order valence-corrected chi connectivity index (χ3v) is 14.1. The van der Waals surface area contributed by atoms with E-state index in [-0.39, 0.29) is 44.3 Å². The molecule has 11 nitrogen and oxygen atoms in total. The lowest BCUT2D eigenvalue weighted by Gasteiger charge is -2.43. The van der Waals surface area contributed by atoms with Crippen LogP contribution in [0.1, 0.15) is 108 Å². The fraction of sp³-hybridized carbons (Fsp3) is 0.429. The summed E-state index contributed by atoms with van der Waals surface area (Å²) in [7, 11) is 3.06. The van der Waals surface area contributed by atoms with E-state index in [9.17, 15) is 19.2 Å². The van der Waals surface area contributed by atoms with Crippen molar-refractivity contribution in [1.82, 2.24) is 10.2 Å². The first-order chi connectivity index (χ1) is 30.7. The summed E-state index contributed by atoms with van der Waals surface area (Å²) in [5, 5.41) is 12.3. The molecule has 1 amide bonds. The number of benzene rings is 4. The van der Waals surface area contributed by atoms with Crippen LogP contribution in [0.4, 0.5) is 0 Å². The largest absolute Gasteiger partial charge is 0.493 e. The molecule has 2 N–H and O–H groups in total. The Hall–Kier alpha value is -4.40. The van der Waals surface area contributed by atoms with Gasteiger partial charge in [-0.05, 0) is 115 Å². The smallest absolute Gasteiger partial charge is 0.335 e. The Balaban J connectivity index is 0.000000191. The van der Waals surface area contributed by atoms with E-state index in [0.717, 1.165) is 61.2 Å². The molecule has 0 radical (unpaired) electrons. The van der Waals surface area contributed by atoms with Gasteiger partial charge in [0.25, 0.3) is 5.91 Å². The number of hydrogen-bond acceptors (Lipinski definition) is 11. The van der Waals surface area contributed by atoms with Gasteiger partial charge in [0.1, 0.15) is 0 Å². The molecule has 344 valence electrons. The average molecular weight is 954 g/mol. The Morgan fingerprint density at radius 3 is 1.53 bits per heavy atom. The molecule has 2 fully saturated rings. The van der Waals surface area contributed by atoms with Crippen LogP contribution in [0, 0.1) is 0 Å². The number of carboxylic acids is 1. The number of piperidine rings is 2. The number of ketones is 2. The first kappa shape index (κ1) is 50.6. The molecule has 0 unspecified atom stereocenters. The van der Waals surface area contributed by atoms with Crippen molar-refractivity contribution in [3.63, 3.8) is 0 Å². The van der Waals surface area contributed by atoms with Gasteiger partial charge in [-0.3, -0.25) is 14.4 Å². The number of ether oxygens (including phenoxy) is 4. The number of methoxy groups -OCH3 is 2. The lowest BCUT2D eigenvalue weighted by Crippen LogP contribution is -2.47. The number of carbonyl (C=O) groups excluding carboxylic acids is 3. The molecule has 0 atom stereocenters. The minimum atomic E-state index is -0.982.